The van der Waals surface area contributed by atoms with Gasteiger partial charge in [0.2, 0.25) is 0 Å². The van der Waals surface area contributed by atoms with Crippen molar-refractivity contribution in [2.45, 2.75) is 58.9 Å². The van der Waals surface area contributed by atoms with Gasteiger partial charge in [0.05, 0.1) is 0 Å². The Morgan fingerprint density at radius 2 is 2.08 bits per heavy atom. The van der Waals surface area contributed by atoms with Crippen LogP contribution in [0.2, 0.25) is 0 Å². The van der Waals surface area contributed by atoms with Crippen LogP contribution >= 0.6 is 0 Å². The van der Waals surface area contributed by atoms with Crippen LogP contribution in [-0.2, 0) is 0 Å². The van der Waals surface area contributed by atoms with Crippen molar-refractivity contribution in [2.24, 2.45) is 11.8 Å². The molecular weight excluding hydrogens is 158 g/mol. The monoisotopic (exact) mass is 183 g/mol. The van der Waals surface area contributed by atoms with Crippen LogP contribution in [0.4, 0.5) is 0 Å². The molecule has 1 nitrogen and oxygen atoms in total. The zero-order valence-electron chi connectivity index (χ0n) is 9.47. The predicted molar refractivity (Wildman–Crippen MR) is 58.9 cm³/mol. The van der Waals surface area contributed by atoms with Crippen molar-refractivity contribution >= 4 is 0 Å². The fourth-order valence-corrected chi connectivity index (χ4v) is 2.65. The molecule has 3 unspecified atom stereocenters. The van der Waals surface area contributed by atoms with Crippen molar-refractivity contribution in [1.29, 1.82) is 0 Å². The molecule has 1 saturated carbocycles. The molecule has 1 fully saturated rings. The lowest BCUT2D eigenvalue weighted by Gasteiger charge is -2.32. The molecule has 1 rings (SSSR count). The third kappa shape index (κ3) is 3.30. The van der Waals surface area contributed by atoms with E-state index in [0.717, 1.165) is 24.4 Å². The number of rotatable bonds is 4. The summed E-state index contributed by atoms with van der Waals surface area (Å²) in [4.78, 5) is 0. The minimum Gasteiger partial charge on any atom is -0.314 e. The zero-order chi connectivity index (χ0) is 9.68. The van der Waals surface area contributed by atoms with Gasteiger partial charge in [0.25, 0.3) is 0 Å². The Morgan fingerprint density at radius 1 is 1.31 bits per heavy atom. The molecule has 1 aliphatic rings. The van der Waals surface area contributed by atoms with E-state index in [4.69, 9.17) is 0 Å². The smallest absolute Gasteiger partial charge is 0.00669 e. The third-order valence-electron chi connectivity index (χ3n) is 3.63. The van der Waals surface area contributed by atoms with E-state index < -0.39 is 0 Å². The second-order valence-electron chi connectivity index (χ2n) is 4.55. The maximum atomic E-state index is 3.56. The van der Waals surface area contributed by atoms with Crippen molar-refractivity contribution in [3.8, 4) is 0 Å². The van der Waals surface area contributed by atoms with Gasteiger partial charge in [0.1, 0.15) is 0 Å². The van der Waals surface area contributed by atoms with Gasteiger partial charge in [-0.25, -0.2) is 0 Å². The standard InChI is InChI=1S/C12H25N/c1-4-11-7-6-8-12(9-11)10(3)13-5-2/h10-13H,4-9H2,1-3H3. The van der Waals surface area contributed by atoms with Gasteiger partial charge in [-0.15, -0.1) is 0 Å². The average molecular weight is 183 g/mol. The van der Waals surface area contributed by atoms with E-state index in [9.17, 15) is 0 Å². The molecule has 0 amide bonds. The van der Waals surface area contributed by atoms with E-state index in [1.807, 2.05) is 0 Å². The van der Waals surface area contributed by atoms with Crippen LogP contribution in [0.25, 0.3) is 0 Å². The van der Waals surface area contributed by atoms with Crippen LogP contribution in [0, 0.1) is 11.8 Å². The molecule has 0 aromatic rings. The van der Waals surface area contributed by atoms with Crippen molar-refractivity contribution in [1.82, 2.24) is 5.32 Å². The van der Waals surface area contributed by atoms with E-state index in [1.54, 1.807) is 0 Å². The first kappa shape index (κ1) is 11.0. The molecule has 13 heavy (non-hydrogen) atoms. The molecule has 0 heterocycles. The number of hydrogen-bond donors (Lipinski definition) is 1. The second-order valence-corrected chi connectivity index (χ2v) is 4.55. The first-order chi connectivity index (χ1) is 6.27. The van der Waals surface area contributed by atoms with Gasteiger partial charge in [-0.05, 0) is 38.1 Å². The highest BCUT2D eigenvalue weighted by molar-refractivity contribution is 4.79. The SMILES string of the molecule is CCNC(C)C1CCCC(CC)C1. The van der Waals surface area contributed by atoms with E-state index in [1.165, 1.54) is 32.1 Å². The molecule has 0 aromatic carbocycles. The summed E-state index contributed by atoms with van der Waals surface area (Å²) in [5, 5.41) is 3.56. The average Bonchev–Trinajstić information content (AvgIpc) is 2.18. The van der Waals surface area contributed by atoms with Crippen LogP contribution in [-0.4, -0.2) is 12.6 Å². The minimum atomic E-state index is 0.736. The molecule has 0 aliphatic heterocycles. The summed E-state index contributed by atoms with van der Waals surface area (Å²) in [6, 6.07) is 0.736. The van der Waals surface area contributed by atoms with E-state index >= 15 is 0 Å². The van der Waals surface area contributed by atoms with E-state index in [-0.39, 0.29) is 0 Å². The quantitative estimate of drug-likeness (QED) is 0.706. The summed E-state index contributed by atoms with van der Waals surface area (Å²) < 4.78 is 0. The number of hydrogen-bond acceptors (Lipinski definition) is 1. The lowest BCUT2D eigenvalue weighted by molar-refractivity contribution is 0.218. The highest BCUT2D eigenvalue weighted by atomic mass is 14.9. The molecule has 0 saturated heterocycles. The molecule has 3 atom stereocenters. The van der Waals surface area contributed by atoms with Gasteiger partial charge in [-0.2, -0.15) is 0 Å². The van der Waals surface area contributed by atoms with Crippen LogP contribution < -0.4 is 5.32 Å². The van der Waals surface area contributed by atoms with E-state index in [2.05, 4.69) is 26.1 Å². The van der Waals surface area contributed by atoms with Crippen molar-refractivity contribution in [3.05, 3.63) is 0 Å². The van der Waals surface area contributed by atoms with Crippen LogP contribution in [0.3, 0.4) is 0 Å². The normalized spacial score (nSPS) is 31.6. The summed E-state index contributed by atoms with van der Waals surface area (Å²) in [5.74, 6) is 1.96. The van der Waals surface area contributed by atoms with Crippen LogP contribution in [0.15, 0.2) is 0 Å². The summed E-state index contributed by atoms with van der Waals surface area (Å²) in [5.41, 5.74) is 0. The summed E-state index contributed by atoms with van der Waals surface area (Å²) >= 11 is 0. The predicted octanol–water partition coefficient (Wildman–Crippen LogP) is 3.20. The van der Waals surface area contributed by atoms with Crippen LogP contribution in [0.5, 0.6) is 0 Å². The topological polar surface area (TPSA) is 12.0 Å². The summed E-state index contributed by atoms with van der Waals surface area (Å²) in [6.07, 6.45) is 7.23. The molecule has 0 radical (unpaired) electrons. The van der Waals surface area contributed by atoms with Gasteiger partial charge in [-0.1, -0.05) is 33.1 Å². The third-order valence-corrected chi connectivity index (χ3v) is 3.63. The zero-order valence-corrected chi connectivity index (χ0v) is 9.47. The van der Waals surface area contributed by atoms with Crippen molar-refractivity contribution in [3.63, 3.8) is 0 Å². The highest BCUT2D eigenvalue weighted by Gasteiger charge is 2.24. The molecule has 1 N–H and O–H groups in total. The molecule has 0 bridgehead atoms. The van der Waals surface area contributed by atoms with E-state index in [0.29, 0.717) is 0 Å². The Balaban J connectivity index is 2.32. The Morgan fingerprint density at radius 3 is 2.69 bits per heavy atom. The molecular formula is C12H25N. The lowest BCUT2D eigenvalue weighted by atomic mass is 9.77. The molecule has 0 spiro atoms. The van der Waals surface area contributed by atoms with Gasteiger partial charge in [-0.3, -0.25) is 0 Å². The van der Waals surface area contributed by atoms with Gasteiger partial charge >= 0.3 is 0 Å². The fraction of sp³-hybridized carbons (Fsp3) is 1.00. The van der Waals surface area contributed by atoms with Crippen molar-refractivity contribution < 1.29 is 0 Å². The Hall–Kier alpha value is -0.0400. The largest absolute Gasteiger partial charge is 0.314 e. The highest BCUT2D eigenvalue weighted by Crippen LogP contribution is 2.32. The Kier molecular flexibility index (Phi) is 4.79. The van der Waals surface area contributed by atoms with Crippen LogP contribution in [0.1, 0.15) is 52.9 Å². The maximum Gasteiger partial charge on any atom is 0.00669 e. The minimum absolute atomic E-state index is 0.736. The summed E-state index contributed by atoms with van der Waals surface area (Å²) in [6.45, 7) is 8.02. The van der Waals surface area contributed by atoms with Crippen molar-refractivity contribution in [2.75, 3.05) is 6.54 Å². The molecule has 0 aromatic heterocycles. The van der Waals surface area contributed by atoms with Gasteiger partial charge < -0.3 is 5.32 Å². The Labute approximate surface area is 83.3 Å². The van der Waals surface area contributed by atoms with Gasteiger partial charge in [0, 0.05) is 6.04 Å². The molecule has 1 heteroatoms. The number of nitrogens with one attached hydrogen (secondary N) is 1. The lowest BCUT2D eigenvalue weighted by Crippen LogP contribution is -2.36. The van der Waals surface area contributed by atoms with Gasteiger partial charge in [0.15, 0.2) is 0 Å². The first-order valence-electron chi connectivity index (χ1n) is 6.01. The second kappa shape index (κ2) is 5.64. The fourth-order valence-electron chi connectivity index (χ4n) is 2.65. The summed E-state index contributed by atoms with van der Waals surface area (Å²) in [7, 11) is 0. The molecule has 1 aliphatic carbocycles. The molecule has 78 valence electrons. The Bertz CT molecular complexity index is 133. The maximum absolute atomic E-state index is 3.56. The first-order valence-corrected chi connectivity index (χ1v) is 6.01.